The van der Waals surface area contributed by atoms with E-state index < -0.39 is 34.1 Å². The van der Waals surface area contributed by atoms with Crippen LogP contribution < -0.4 is 15.8 Å². The van der Waals surface area contributed by atoms with Crippen molar-refractivity contribution in [2.45, 2.75) is 38.5 Å². The summed E-state index contributed by atoms with van der Waals surface area (Å²) in [5, 5.41) is 6.85. The first kappa shape index (κ1) is 29.0. The molecule has 3 aromatic heterocycles. The van der Waals surface area contributed by atoms with Gasteiger partial charge in [0.1, 0.15) is 23.6 Å². The summed E-state index contributed by atoms with van der Waals surface area (Å²) in [6.07, 6.45) is 1.09. The molecular weight excluding hydrogens is 565 g/mol. The number of pyridine rings is 1. The van der Waals surface area contributed by atoms with Crippen LogP contribution in [0, 0.1) is 5.92 Å². The van der Waals surface area contributed by atoms with Crippen molar-refractivity contribution in [2.24, 2.45) is 5.92 Å². The Hall–Kier alpha value is -3.50. The molecule has 0 spiro atoms. The molecular formula is C25H31F3N8O4S. The first-order chi connectivity index (χ1) is 19.3. The van der Waals surface area contributed by atoms with Gasteiger partial charge in [-0.05, 0) is 23.6 Å². The maximum atomic E-state index is 14.9. The van der Waals surface area contributed by atoms with Gasteiger partial charge in [0, 0.05) is 31.4 Å². The highest BCUT2D eigenvalue weighted by Gasteiger charge is 2.44. The zero-order chi connectivity index (χ0) is 29.7. The highest BCUT2D eigenvalue weighted by Crippen LogP contribution is 2.34. The number of hydrogen-bond donors (Lipinski definition) is 2. The van der Waals surface area contributed by atoms with Gasteiger partial charge < -0.3 is 15.8 Å². The number of alkyl halides is 3. The number of likely N-dealkylation sites (tertiary alicyclic amines) is 1. The van der Waals surface area contributed by atoms with E-state index in [1.54, 1.807) is 24.8 Å². The minimum Gasteiger partial charge on any atom is -0.480 e. The Bertz CT molecular complexity index is 1570. The predicted molar refractivity (Wildman–Crippen MR) is 144 cm³/mol. The number of nitrogen functional groups attached to an aromatic ring is 1. The van der Waals surface area contributed by atoms with Gasteiger partial charge in [0.15, 0.2) is 5.82 Å². The predicted octanol–water partition coefficient (Wildman–Crippen LogP) is 1.57. The number of fused-ring (bicyclic) bond motifs is 1. The fraction of sp³-hybridized carbons (Fsp3) is 0.520. The molecule has 0 bridgehead atoms. The number of nitrogens with zero attached hydrogens (tertiary/aromatic N) is 6. The molecule has 0 aromatic carbocycles. The van der Waals surface area contributed by atoms with E-state index in [0.717, 1.165) is 4.31 Å². The Labute approximate surface area is 234 Å². The molecule has 3 aromatic rings. The summed E-state index contributed by atoms with van der Waals surface area (Å²) < 4.78 is 74.8. The van der Waals surface area contributed by atoms with Crippen molar-refractivity contribution >= 4 is 27.3 Å². The summed E-state index contributed by atoms with van der Waals surface area (Å²) in [5.41, 5.74) is 8.05. The van der Waals surface area contributed by atoms with Crippen LogP contribution >= 0.6 is 0 Å². The summed E-state index contributed by atoms with van der Waals surface area (Å²) in [6.45, 7) is 2.39. The third-order valence-corrected chi connectivity index (χ3v) is 9.19. The van der Waals surface area contributed by atoms with Gasteiger partial charge in [-0.15, -0.1) is 0 Å². The van der Waals surface area contributed by atoms with E-state index in [1.165, 1.54) is 30.2 Å². The first-order valence-corrected chi connectivity index (χ1v) is 14.6. The highest BCUT2D eigenvalue weighted by atomic mass is 32.2. The smallest absolute Gasteiger partial charge is 0.272 e. The number of halogens is 3. The van der Waals surface area contributed by atoms with E-state index in [-0.39, 0.29) is 61.7 Å². The molecule has 3 N–H and O–H groups in total. The van der Waals surface area contributed by atoms with Gasteiger partial charge in [-0.3, -0.25) is 9.69 Å². The Morgan fingerprint density at radius 3 is 2.63 bits per heavy atom. The number of aromatic nitrogens is 4. The topological polar surface area (TPSA) is 148 Å². The van der Waals surface area contributed by atoms with Crippen molar-refractivity contribution < 1.29 is 31.1 Å². The number of rotatable bonds is 9. The number of hydrogen-bond acceptors (Lipinski definition) is 9. The molecule has 16 heteroatoms. The second-order valence-electron chi connectivity index (χ2n) is 10.8. The molecule has 41 heavy (non-hydrogen) atoms. The van der Waals surface area contributed by atoms with Crippen molar-refractivity contribution in [2.75, 3.05) is 44.8 Å². The monoisotopic (exact) mass is 596 g/mol. The molecule has 0 unspecified atom stereocenters. The van der Waals surface area contributed by atoms with Crippen LogP contribution in [0.5, 0.6) is 5.88 Å². The van der Waals surface area contributed by atoms with Crippen LogP contribution in [0.15, 0.2) is 24.7 Å². The van der Waals surface area contributed by atoms with Gasteiger partial charge >= 0.3 is 0 Å². The first-order valence-electron chi connectivity index (χ1n) is 13.0. The lowest BCUT2D eigenvalue weighted by atomic mass is 10.1. The lowest BCUT2D eigenvalue weighted by Crippen LogP contribution is -2.55. The summed E-state index contributed by atoms with van der Waals surface area (Å²) in [7, 11) is -2.35. The van der Waals surface area contributed by atoms with Crippen LogP contribution in [0.4, 0.5) is 19.0 Å². The average molecular weight is 597 g/mol. The van der Waals surface area contributed by atoms with E-state index in [1.807, 2.05) is 0 Å². The van der Waals surface area contributed by atoms with Crippen molar-refractivity contribution in [1.29, 1.82) is 0 Å². The number of nitrogens with two attached hydrogens (primary N) is 1. The molecule has 12 nitrogen and oxygen atoms in total. The van der Waals surface area contributed by atoms with Crippen molar-refractivity contribution in [1.82, 2.24) is 34.1 Å². The maximum Gasteiger partial charge on any atom is 0.272 e. The van der Waals surface area contributed by atoms with E-state index in [2.05, 4.69) is 20.4 Å². The van der Waals surface area contributed by atoms with Crippen LogP contribution in [0.3, 0.4) is 0 Å². The van der Waals surface area contributed by atoms with Crippen molar-refractivity contribution in [3.8, 4) is 17.1 Å². The second kappa shape index (κ2) is 10.7. The summed E-state index contributed by atoms with van der Waals surface area (Å²) in [5.74, 6) is -3.58. The molecule has 2 fully saturated rings. The fourth-order valence-corrected chi connectivity index (χ4v) is 7.03. The molecule has 2 aliphatic rings. The van der Waals surface area contributed by atoms with Gasteiger partial charge in [-0.25, -0.2) is 36.1 Å². The van der Waals surface area contributed by atoms with Crippen LogP contribution in [0.25, 0.3) is 16.8 Å². The molecule has 1 amide bonds. The molecule has 2 aliphatic heterocycles. The Morgan fingerprint density at radius 1 is 1.24 bits per heavy atom. The summed E-state index contributed by atoms with van der Waals surface area (Å²) >= 11 is 0. The molecule has 222 valence electrons. The lowest BCUT2D eigenvalue weighted by Gasteiger charge is -2.38. The average Bonchev–Trinajstić information content (AvgIpc) is 3.43. The van der Waals surface area contributed by atoms with Gasteiger partial charge in [-0.2, -0.15) is 9.40 Å². The maximum absolute atomic E-state index is 14.9. The number of amides is 1. The van der Waals surface area contributed by atoms with Gasteiger partial charge in [0.05, 0.1) is 37.7 Å². The minimum atomic E-state index is -3.68. The molecule has 2 saturated heterocycles. The van der Waals surface area contributed by atoms with Crippen molar-refractivity contribution in [3.05, 3.63) is 35.8 Å². The van der Waals surface area contributed by atoms with E-state index in [0.29, 0.717) is 22.3 Å². The Balaban J connectivity index is 1.42. The van der Waals surface area contributed by atoms with Crippen LogP contribution in [0.1, 0.15) is 29.8 Å². The third kappa shape index (κ3) is 5.81. The molecule has 0 aliphatic carbocycles. The number of methoxy groups -OCH3 is 1. The standard InChI is InChI=1S/C25H31F3N8O4S/c1-14(2)10-41(38,39)35-8-18(26)19(9-35)33-23(37)17-4-15(6-30-24(17)40-3)20-5-16(7-34-11-25(27,28)12-34)21-22(29)31-13-32-36(20)21/h4-6,13-14,18-19H,7-12H2,1-3H3,(H,33,37)(H2,29,31,32)/t18-,19+/m0/s1. The second-order valence-corrected chi connectivity index (χ2v) is 12.8. The van der Waals surface area contributed by atoms with Crippen molar-refractivity contribution in [3.63, 3.8) is 0 Å². The summed E-state index contributed by atoms with van der Waals surface area (Å²) in [4.78, 5) is 23.2. The molecule has 0 saturated carbocycles. The third-order valence-electron chi connectivity index (χ3n) is 7.02. The Kier molecular flexibility index (Phi) is 7.59. The number of ether oxygens (including phenoxy) is 1. The quantitative estimate of drug-likeness (QED) is 0.376. The number of carbonyl (C=O) groups is 1. The van der Waals surface area contributed by atoms with Crippen LogP contribution in [-0.4, -0.2) is 100 Å². The van der Waals surface area contributed by atoms with E-state index in [4.69, 9.17) is 10.5 Å². The SMILES string of the molecule is COc1ncc(-c2cc(CN3CC(F)(F)C3)c3c(N)ncnn23)cc1C(=O)N[C@@H]1CN(S(=O)(=O)CC(C)C)C[C@@H]1F. The van der Waals surface area contributed by atoms with Crippen LogP contribution in [-0.2, 0) is 16.6 Å². The number of sulfonamides is 1. The van der Waals surface area contributed by atoms with Gasteiger partial charge in [0.2, 0.25) is 15.9 Å². The number of anilines is 1. The number of nitrogens with one attached hydrogen (secondary N) is 1. The largest absolute Gasteiger partial charge is 0.480 e. The van der Waals surface area contributed by atoms with Gasteiger partial charge in [-0.1, -0.05) is 13.8 Å². The Morgan fingerprint density at radius 2 is 1.98 bits per heavy atom. The van der Waals surface area contributed by atoms with Gasteiger partial charge in [0.25, 0.3) is 11.8 Å². The van der Waals surface area contributed by atoms with E-state index >= 15 is 0 Å². The number of carbonyl (C=O) groups excluding carboxylic acids is 1. The zero-order valence-corrected chi connectivity index (χ0v) is 23.5. The molecule has 2 atom stereocenters. The normalized spacial score (nSPS) is 21.3. The van der Waals surface area contributed by atoms with Crippen LogP contribution in [0.2, 0.25) is 0 Å². The fourth-order valence-electron chi connectivity index (χ4n) is 5.22. The highest BCUT2D eigenvalue weighted by molar-refractivity contribution is 7.89. The lowest BCUT2D eigenvalue weighted by molar-refractivity contribution is -0.133. The summed E-state index contributed by atoms with van der Waals surface area (Å²) in [6, 6.07) is 2.13. The van der Waals surface area contributed by atoms with E-state index in [9.17, 15) is 26.4 Å². The minimum absolute atomic E-state index is 0.0124. The molecule has 5 rings (SSSR count). The molecule has 0 radical (unpaired) electrons. The molecule has 5 heterocycles. The zero-order valence-electron chi connectivity index (χ0n) is 22.7.